The molecule has 1 aliphatic heterocycles. The largest absolute Gasteiger partial charge is 0.490 e. The number of thioether (sulfide) groups is 1. The second-order valence-corrected chi connectivity index (χ2v) is 8.68. The summed E-state index contributed by atoms with van der Waals surface area (Å²) in [5.41, 5.74) is 1.71. The molecule has 7 nitrogen and oxygen atoms in total. The van der Waals surface area contributed by atoms with Gasteiger partial charge in [0.1, 0.15) is 13.2 Å². The zero-order valence-electron chi connectivity index (χ0n) is 19.5. The summed E-state index contributed by atoms with van der Waals surface area (Å²) >= 11 is 0.787. The molecule has 2 amide bonds. The number of fused-ring (bicyclic) bond motifs is 1. The number of hydrogen-bond acceptors (Lipinski definition) is 7. The van der Waals surface area contributed by atoms with E-state index >= 15 is 0 Å². The number of hydrogen-bond donors (Lipinski definition) is 0. The number of benzene rings is 3. The van der Waals surface area contributed by atoms with Crippen LogP contribution in [0, 0.1) is 0 Å². The minimum atomic E-state index is -0.623. The molecule has 0 radical (unpaired) electrons. The number of imide groups is 1. The van der Waals surface area contributed by atoms with Crippen LogP contribution in [0.5, 0.6) is 11.5 Å². The van der Waals surface area contributed by atoms with Gasteiger partial charge in [0.15, 0.2) is 11.5 Å². The van der Waals surface area contributed by atoms with Crippen molar-refractivity contribution in [1.29, 1.82) is 0 Å². The van der Waals surface area contributed by atoms with Gasteiger partial charge in [0.25, 0.3) is 11.1 Å². The van der Waals surface area contributed by atoms with Gasteiger partial charge in [0.05, 0.1) is 18.1 Å². The van der Waals surface area contributed by atoms with Gasteiger partial charge in [-0.25, -0.2) is 0 Å². The van der Waals surface area contributed by atoms with Gasteiger partial charge in [-0.3, -0.25) is 19.3 Å². The van der Waals surface area contributed by atoms with E-state index in [1.807, 2.05) is 25.1 Å². The van der Waals surface area contributed by atoms with Crippen LogP contribution < -0.4 is 9.47 Å². The summed E-state index contributed by atoms with van der Waals surface area (Å²) in [5, 5.41) is 1.81. The first-order valence-corrected chi connectivity index (χ1v) is 12.1. The van der Waals surface area contributed by atoms with Crippen molar-refractivity contribution in [2.24, 2.45) is 0 Å². The molecule has 3 aromatic rings. The molecule has 1 aliphatic rings. The van der Waals surface area contributed by atoms with E-state index in [4.69, 9.17) is 14.2 Å². The highest BCUT2D eigenvalue weighted by Gasteiger charge is 2.36. The molecular formula is C27H25NO6S. The molecule has 3 aromatic carbocycles. The average molecular weight is 492 g/mol. The Morgan fingerprint density at radius 2 is 1.71 bits per heavy atom. The van der Waals surface area contributed by atoms with E-state index in [1.54, 1.807) is 31.2 Å². The van der Waals surface area contributed by atoms with Gasteiger partial charge in [0.2, 0.25) is 0 Å². The number of carbonyl (C=O) groups is 3. The quantitative estimate of drug-likeness (QED) is 0.292. The predicted octanol–water partition coefficient (Wildman–Crippen LogP) is 5.42. The smallest absolute Gasteiger partial charge is 0.326 e. The van der Waals surface area contributed by atoms with Crippen LogP contribution in [0.2, 0.25) is 0 Å². The molecule has 1 saturated heterocycles. The number of esters is 1. The molecule has 0 aliphatic carbocycles. The van der Waals surface area contributed by atoms with Gasteiger partial charge in [-0.1, -0.05) is 42.5 Å². The van der Waals surface area contributed by atoms with E-state index < -0.39 is 23.7 Å². The minimum Gasteiger partial charge on any atom is -0.490 e. The van der Waals surface area contributed by atoms with Crippen LogP contribution >= 0.6 is 11.8 Å². The Morgan fingerprint density at radius 3 is 2.49 bits per heavy atom. The maximum Gasteiger partial charge on any atom is 0.326 e. The molecule has 0 atom stereocenters. The summed E-state index contributed by atoms with van der Waals surface area (Å²) in [7, 11) is 0. The topological polar surface area (TPSA) is 82.1 Å². The molecule has 8 heteroatoms. The molecule has 0 N–H and O–H groups in total. The van der Waals surface area contributed by atoms with E-state index in [0.29, 0.717) is 30.3 Å². The maximum absolute atomic E-state index is 12.6. The van der Waals surface area contributed by atoms with Gasteiger partial charge in [-0.05, 0) is 71.8 Å². The van der Waals surface area contributed by atoms with Gasteiger partial charge in [-0.15, -0.1) is 0 Å². The van der Waals surface area contributed by atoms with Gasteiger partial charge in [0, 0.05) is 0 Å². The number of amides is 2. The first kappa shape index (κ1) is 24.3. The summed E-state index contributed by atoms with van der Waals surface area (Å²) in [4.78, 5) is 37.7. The van der Waals surface area contributed by atoms with Crippen molar-refractivity contribution >= 4 is 45.7 Å². The Balaban J connectivity index is 1.49. The molecule has 180 valence electrons. The standard InChI is InChI=1S/C27H25NO6S/c1-3-32-23-14-18(15-24-26(30)28(27(31)35-24)16-25(29)33-4-2)10-12-22(23)34-17-19-9-11-20-7-5-6-8-21(20)13-19/h5-15H,3-4,16-17H2,1-2H3/b24-15+. The number of rotatable bonds is 9. The molecular weight excluding hydrogens is 466 g/mol. The number of nitrogens with zero attached hydrogens (tertiary/aromatic N) is 1. The second-order valence-electron chi connectivity index (χ2n) is 7.68. The Hall–Kier alpha value is -3.78. The van der Waals surface area contributed by atoms with Crippen molar-refractivity contribution in [3.05, 3.63) is 76.7 Å². The molecule has 0 saturated carbocycles. The lowest BCUT2D eigenvalue weighted by Gasteiger charge is -2.13. The molecule has 4 rings (SSSR count). The van der Waals surface area contributed by atoms with Crippen molar-refractivity contribution in [3.63, 3.8) is 0 Å². The van der Waals surface area contributed by atoms with E-state index in [-0.39, 0.29) is 11.5 Å². The third-order valence-electron chi connectivity index (χ3n) is 5.24. The van der Waals surface area contributed by atoms with Crippen LogP contribution in [0.15, 0.2) is 65.6 Å². The van der Waals surface area contributed by atoms with E-state index in [9.17, 15) is 14.4 Å². The zero-order chi connectivity index (χ0) is 24.8. The highest BCUT2D eigenvalue weighted by atomic mass is 32.2. The van der Waals surface area contributed by atoms with Gasteiger partial charge in [-0.2, -0.15) is 0 Å². The van der Waals surface area contributed by atoms with Crippen LogP contribution in [-0.2, 0) is 20.9 Å². The first-order valence-electron chi connectivity index (χ1n) is 11.3. The summed E-state index contributed by atoms with van der Waals surface area (Å²) < 4.78 is 16.6. The predicted molar refractivity (Wildman–Crippen MR) is 135 cm³/mol. The van der Waals surface area contributed by atoms with Crippen LogP contribution in [0.25, 0.3) is 16.8 Å². The molecule has 0 aromatic heterocycles. The average Bonchev–Trinajstić information content (AvgIpc) is 3.11. The van der Waals surface area contributed by atoms with E-state index in [0.717, 1.165) is 27.6 Å². The van der Waals surface area contributed by atoms with Crippen molar-refractivity contribution < 1.29 is 28.6 Å². The van der Waals surface area contributed by atoms with E-state index in [1.165, 1.54) is 5.39 Å². The second kappa shape index (κ2) is 11.1. The van der Waals surface area contributed by atoms with Crippen molar-refractivity contribution in [3.8, 4) is 11.5 Å². The van der Waals surface area contributed by atoms with Crippen LogP contribution in [0.3, 0.4) is 0 Å². The van der Waals surface area contributed by atoms with Gasteiger partial charge < -0.3 is 14.2 Å². The SMILES string of the molecule is CCOC(=O)CN1C(=O)S/C(=C/c2ccc(OCc3ccc4ccccc4c3)c(OCC)c2)C1=O. The van der Waals surface area contributed by atoms with E-state index in [2.05, 4.69) is 24.3 Å². The molecule has 35 heavy (non-hydrogen) atoms. The lowest BCUT2D eigenvalue weighted by molar-refractivity contribution is -0.145. The Morgan fingerprint density at radius 1 is 0.914 bits per heavy atom. The third-order valence-corrected chi connectivity index (χ3v) is 6.15. The fraction of sp³-hybridized carbons (Fsp3) is 0.222. The highest BCUT2D eigenvalue weighted by Crippen LogP contribution is 2.35. The Kier molecular flexibility index (Phi) is 7.72. The highest BCUT2D eigenvalue weighted by molar-refractivity contribution is 8.18. The zero-order valence-corrected chi connectivity index (χ0v) is 20.3. The summed E-state index contributed by atoms with van der Waals surface area (Å²) in [6.07, 6.45) is 1.60. The number of ether oxygens (including phenoxy) is 3. The molecule has 0 unspecified atom stereocenters. The summed E-state index contributed by atoms with van der Waals surface area (Å²) in [6, 6.07) is 19.7. The van der Waals surface area contributed by atoms with Crippen LogP contribution in [0.4, 0.5) is 4.79 Å². The lowest BCUT2D eigenvalue weighted by Crippen LogP contribution is -2.34. The van der Waals surface area contributed by atoms with Crippen molar-refractivity contribution in [2.75, 3.05) is 19.8 Å². The minimum absolute atomic E-state index is 0.181. The Labute approximate surface area is 207 Å². The monoisotopic (exact) mass is 491 g/mol. The summed E-state index contributed by atoms with van der Waals surface area (Å²) in [6.45, 7) is 4.13. The van der Waals surface area contributed by atoms with Crippen molar-refractivity contribution in [2.45, 2.75) is 20.5 Å². The molecule has 0 bridgehead atoms. The van der Waals surface area contributed by atoms with Crippen LogP contribution in [-0.4, -0.2) is 41.8 Å². The molecule has 0 spiro atoms. The van der Waals surface area contributed by atoms with Gasteiger partial charge >= 0.3 is 5.97 Å². The fourth-order valence-electron chi connectivity index (χ4n) is 3.62. The summed E-state index contributed by atoms with van der Waals surface area (Å²) in [5.74, 6) is -0.0365. The molecule has 1 fully saturated rings. The third kappa shape index (κ3) is 5.84. The fourth-order valence-corrected chi connectivity index (χ4v) is 4.45. The number of carbonyl (C=O) groups excluding carboxylic acids is 3. The van der Waals surface area contributed by atoms with Crippen molar-refractivity contribution in [1.82, 2.24) is 4.90 Å². The maximum atomic E-state index is 12.6. The first-order chi connectivity index (χ1) is 17.0. The van der Waals surface area contributed by atoms with Crippen LogP contribution in [0.1, 0.15) is 25.0 Å². The normalized spacial score (nSPS) is 14.6. The lowest BCUT2D eigenvalue weighted by atomic mass is 10.1. The Bertz CT molecular complexity index is 1300. The molecule has 1 heterocycles.